The highest BCUT2D eigenvalue weighted by Gasteiger charge is 2.44. The van der Waals surface area contributed by atoms with Crippen LogP contribution in [-0.4, -0.2) is 28.3 Å². The summed E-state index contributed by atoms with van der Waals surface area (Å²) in [4.78, 5) is 10.8. The molecule has 0 aliphatic heterocycles. The van der Waals surface area contributed by atoms with E-state index in [1.54, 1.807) is 0 Å². The second-order valence-corrected chi connectivity index (χ2v) is 8.27. The zero-order valence-corrected chi connectivity index (χ0v) is 16.7. The van der Waals surface area contributed by atoms with Gasteiger partial charge < -0.3 is 15.9 Å². The smallest absolute Gasteiger partial charge is 0.217 e. The van der Waals surface area contributed by atoms with Gasteiger partial charge in [0.1, 0.15) is 0 Å². The van der Waals surface area contributed by atoms with Crippen molar-refractivity contribution in [1.82, 2.24) is 0 Å². The van der Waals surface area contributed by atoms with E-state index < -0.39 is 6.10 Å². The summed E-state index contributed by atoms with van der Waals surface area (Å²) < 4.78 is 0. The number of unbranched alkanes of at least 4 members (excludes halogenated alkanes) is 2. The first kappa shape index (κ1) is 21.7. The van der Waals surface area contributed by atoms with Gasteiger partial charge in [-0.1, -0.05) is 30.7 Å². The predicted octanol–water partition coefficient (Wildman–Crippen LogP) is 3.33. The monoisotopic (exact) mass is 373 g/mol. The molecule has 6 atom stereocenters. The number of aliphatic hydroxyl groups excluding tert-OH is 2. The zero-order valence-electron chi connectivity index (χ0n) is 16.7. The molecule has 2 aliphatic carbocycles. The minimum absolute atomic E-state index is 0.0995. The largest absolute Gasteiger partial charge is 0.392 e. The second kappa shape index (κ2) is 10.7. The standard InChI is InChI=1S/C23H35NO3/c1-3-4-8-16(2)21(25)12-11-19-20-14-17(13-18(20)15-22(19)26)9-6-5-7-10-23(24)27/h9,11-12,16,18-22,25-26H,5-8,10,13-15H2,1-2H3,(H2,24,27)/b12-11+,17-9?/t16-,18+,19-,20+,21+,22-/m1/s1. The molecule has 1 amide bonds. The van der Waals surface area contributed by atoms with Crippen molar-refractivity contribution < 1.29 is 15.0 Å². The van der Waals surface area contributed by atoms with E-state index in [-0.39, 0.29) is 23.8 Å². The number of aliphatic hydroxyl groups is 2. The molecule has 4 heteroatoms. The molecule has 4 nitrogen and oxygen atoms in total. The fourth-order valence-electron chi connectivity index (χ4n) is 4.51. The lowest BCUT2D eigenvalue weighted by Gasteiger charge is -2.19. The molecule has 2 rings (SSSR count). The number of carbonyl (C=O) groups is 1. The average molecular weight is 374 g/mol. The number of nitrogens with two attached hydrogens (primary N) is 1. The van der Waals surface area contributed by atoms with Crippen molar-refractivity contribution in [3.05, 3.63) is 23.8 Å². The fourth-order valence-corrected chi connectivity index (χ4v) is 4.51. The number of hydrogen-bond acceptors (Lipinski definition) is 3. The molecule has 150 valence electrons. The van der Waals surface area contributed by atoms with Crippen LogP contribution in [0, 0.1) is 35.5 Å². The molecular weight excluding hydrogens is 338 g/mol. The summed E-state index contributed by atoms with van der Waals surface area (Å²) in [5, 5.41) is 20.8. The van der Waals surface area contributed by atoms with Crippen LogP contribution in [0.15, 0.2) is 23.8 Å². The average Bonchev–Trinajstić information content (AvgIpc) is 3.13. The normalized spacial score (nSPS) is 30.9. The lowest BCUT2D eigenvalue weighted by Crippen LogP contribution is -2.19. The predicted molar refractivity (Wildman–Crippen MR) is 108 cm³/mol. The number of hydrogen-bond donors (Lipinski definition) is 3. The third kappa shape index (κ3) is 6.52. The van der Waals surface area contributed by atoms with Crippen LogP contribution >= 0.6 is 0 Å². The SMILES string of the molecule is CC#CC[C@@H](C)[C@@H](O)/C=C/[C@@H]1[C@H]2CC(=CCCCCC(N)=O)C[C@H]2C[C@H]1O. The lowest BCUT2D eigenvalue weighted by molar-refractivity contribution is -0.118. The van der Waals surface area contributed by atoms with Crippen molar-refractivity contribution in [3.63, 3.8) is 0 Å². The second-order valence-electron chi connectivity index (χ2n) is 8.27. The van der Waals surface area contributed by atoms with Gasteiger partial charge in [-0.2, -0.15) is 0 Å². The highest BCUT2D eigenvalue weighted by Crippen LogP contribution is 2.50. The van der Waals surface area contributed by atoms with Crippen molar-refractivity contribution in [1.29, 1.82) is 0 Å². The Kier molecular flexibility index (Phi) is 8.60. The fraction of sp³-hybridized carbons (Fsp3) is 0.696. The number of amides is 1. The Morgan fingerprint density at radius 3 is 2.85 bits per heavy atom. The summed E-state index contributed by atoms with van der Waals surface area (Å²) in [6.07, 6.45) is 12.4. The first-order valence-corrected chi connectivity index (χ1v) is 10.3. The molecule has 0 heterocycles. The Morgan fingerprint density at radius 1 is 1.37 bits per heavy atom. The zero-order chi connectivity index (χ0) is 19.8. The maximum absolute atomic E-state index is 10.8. The topological polar surface area (TPSA) is 83.5 Å². The minimum atomic E-state index is -0.515. The number of carbonyl (C=O) groups excluding carboxylic acids is 1. The molecule has 27 heavy (non-hydrogen) atoms. The molecule has 0 unspecified atom stereocenters. The van der Waals surface area contributed by atoms with Gasteiger partial charge in [-0.05, 0) is 63.2 Å². The molecular formula is C23H35NO3. The molecule has 2 aliphatic rings. The first-order chi connectivity index (χ1) is 12.9. The highest BCUT2D eigenvalue weighted by molar-refractivity contribution is 5.73. The third-order valence-corrected chi connectivity index (χ3v) is 6.14. The van der Waals surface area contributed by atoms with Gasteiger partial charge in [0.05, 0.1) is 12.2 Å². The van der Waals surface area contributed by atoms with Crippen molar-refractivity contribution in [2.45, 2.75) is 77.4 Å². The van der Waals surface area contributed by atoms with Crippen LogP contribution in [0.25, 0.3) is 0 Å². The van der Waals surface area contributed by atoms with Crippen molar-refractivity contribution >= 4 is 5.91 Å². The number of allylic oxidation sites excluding steroid dienone is 2. The molecule has 0 bridgehead atoms. The highest BCUT2D eigenvalue weighted by atomic mass is 16.3. The van der Waals surface area contributed by atoms with E-state index in [9.17, 15) is 15.0 Å². The van der Waals surface area contributed by atoms with E-state index in [2.05, 4.69) is 17.9 Å². The van der Waals surface area contributed by atoms with E-state index >= 15 is 0 Å². The Bertz CT molecular complexity index is 613. The Hall–Kier alpha value is -1.57. The molecule has 0 aromatic heterocycles. The van der Waals surface area contributed by atoms with E-state index in [1.165, 1.54) is 5.57 Å². The summed E-state index contributed by atoms with van der Waals surface area (Å²) >= 11 is 0. The summed E-state index contributed by atoms with van der Waals surface area (Å²) in [6.45, 7) is 3.81. The van der Waals surface area contributed by atoms with Crippen molar-refractivity contribution in [2.24, 2.45) is 29.4 Å². The maximum Gasteiger partial charge on any atom is 0.217 e. The van der Waals surface area contributed by atoms with Gasteiger partial charge >= 0.3 is 0 Å². The Balaban J connectivity index is 1.85. The van der Waals surface area contributed by atoms with Crippen LogP contribution in [0.2, 0.25) is 0 Å². The molecule has 0 radical (unpaired) electrons. The van der Waals surface area contributed by atoms with E-state index in [4.69, 9.17) is 5.73 Å². The van der Waals surface area contributed by atoms with Gasteiger partial charge in [0, 0.05) is 18.8 Å². The first-order valence-electron chi connectivity index (χ1n) is 10.3. The van der Waals surface area contributed by atoms with E-state index in [0.29, 0.717) is 24.7 Å². The third-order valence-electron chi connectivity index (χ3n) is 6.14. The Labute approximate surface area is 163 Å². The van der Waals surface area contributed by atoms with Gasteiger partial charge in [-0.25, -0.2) is 0 Å². The van der Waals surface area contributed by atoms with Gasteiger partial charge in [0.2, 0.25) is 5.91 Å². The number of fused-ring (bicyclic) bond motifs is 1. The quantitative estimate of drug-likeness (QED) is 0.329. The Morgan fingerprint density at radius 2 is 2.15 bits per heavy atom. The summed E-state index contributed by atoms with van der Waals surface area (Å²) in [5.74, 6) is 6.92. The van der Waals surface area contributed by atoms with Crippen LogP contribution < -0.4 is 5.73 Å². The van der Waals surface area contributed by atoms with Gasteiger partial charge in [0.15, 0.2) is 0 Å². The van der Waals surface area contributed by atoms with Crippen LogP contribution in [0.5, 0.6) is 0 Å². The molecule has 0 aromatic carbocycles. The molecule has 2 saturated carbocycles. The summed E-state index contributed by atoms with van der Waals surface area (Å²) in [5.41, 5.74) is 6.66. The summed E-state index contributed by atoms with van der Waals surface area (Å²) in [6, 6.07) is 0. The number of primary amides is 1. The molecule has 0 saturated heterocycles. The van der Waals surface area contributed by atoms with Gasteiger partial charge in [0.25, 0.3) is 0 Å². The maximum atomic E-state index is 10.8. The van der Waals surface area contributed by atoms with Crippen LogP contribution in [0.4, 0.5) is 0 Å². The van der Waals surface area contributed by atoms with Crippen molar-refractivity contribution in [3.8, 4) is 11.8 Å². The lowest BCUT2D eigenvalue weighted by atomic mass is 9.89. The van der Waals surface area contributed by atoms with Gasteiger partial charge in [-0.3, -0.25) is 4.79 Å². The van der Waals surface area contributed by atoms with Gasteiger partial charge in [-0.15, -0.1) is 11.8 Å². The van der Waals surface area contributed by atoms with Crippen LogP contribution in [0.3, 0.4) is 0 Å². The molecule has 4 N–H and O–H groups in total. The van der Waals surface area contributed by atoms with E-state index in [0.717, 1.165) is 38.5 Å². The minimum Gasteiger partial charge on any atom is -0.392 e. The molecule has 0 spiro atoms. The van der Waals surface area contributed by atoms with Crippen molar-refractivity contribution in [2.75, 3.05) is 0 Å². The molecule has 0 aromatic rings. The molecule has 2 fully saturated rings. The van der Waals surface area contributed by atoms with Crippen LogP contribution in [-0.2, 0) is 4.79 Å². The summed E-state index contributed by atoms with van der Waals surface area (Å²) in [7, 11) is 0. The van der Waals surface area contributed by atoms with Crippen LogP contribution in [0.1, 0.15) is 65.2 Å². The number of rotatable bonds is 9. The van der Waals surface area contributed by atoms with E-state index in [1.807, 2.05) is 26.0 Å².